The molecular formula is C24H22ClNO4. The molecule has 30 heavy (non-hydrogen) atoms. The van der Waals surface area contributed by atoms with Crippen LogP contribution in [0.15, 0.2) is 66.7 Å². The first-order chi connectivity index (χ1) is 14.3. The Balaban J connectivity index is 1.51. The molecule has 1 N–H and O–H groups in total. The van der Waals surface area contributed by atoms with Gasteiger partial charge in [0.05, 0.1) is 11.2 Å². The van der Waals surface area contributed by atoms with E-state index >= 15 is 0 Å². The Morgan fingerprint density at radius 2 is 1.70 bits per heavy atom. The predicted molar refractivity (Wildman–Crippen MR) is 117 cm³/mol. The van der Waals surface area contributed by atoms with Crippen molar-refractivity contribution in [2.24, 2.45) is 0 Å². The molecule has 1 aliphatic rings. The zero-order valence-corrected chi connectivity index (χ0v) is 17.5. The van der Waals surface area contributed by atoms with Gasteiger partial charge in [-0.3, -0.25) is 9.69 Å². The summed E-state index contributed by atoms with van der Waals surface area (Å²) in [6.45, 7) is 3.67. The van der Waals surface area contributed by atoms with Crippen LogP contribution in [0.3, 0.4) is 0 Å². The third-order valence-electron chi connectivity index (χ3n) is 4.72. The van der Waals surface area contributed by atoms with Crippen molar-refractivity contribution >= 4 is 23.2 Å². The standard InChI is InChI=1S/C24H22ClNO4/c1-24(2,28)14-29-20-10-8-19(9-11-20)26-15-30-22-13-17(5-12-21(22)23(26)27)16-3-6-18(25)7-4-16/h3-13,28H,14-15H2,1-2H3. The van der Waals surface area contributed by atoms with Gasteiger partial charge in [0.25, 0.3) is 5.91 Å². The molecular weight excluding hydrogens is 402 g/mol. The minimum atomic E-state index is -0.913. The second-order valence-electron chi connectivity index (χ2n) is 7.82. The normalized spacial score (nSPS) is 13.6. The van der Waals surface area contributed by atoms with E-state index in [2.05, 4.69) is 0 Å². The van der Waals surface area contributed by atoms with Gasteiger partial charge in [-0.1, -0.05) is 29.8 Å². The van der Waals surface area contributed by atoms with Crippen LogP contribution in [-0.2, 0) is 0 Å². The van der Waals surface area contributed by atoms with Gasteiger partial charge in [0, 0.05) is 10.7 Å². The number of halogens is 1. The highest BCUT2D eigenvalue weighted by molar-refractivity contribution is 6.30. The van der Waals surface area contributed by atoms with Gasteiger partial charge in [-0.2, -0.15) is 0 Å². The van der Waals surface area contributed by atoms with E-state index in [9.17, 15) is 9.90 Å². The lowest BCUT2D eigenvalue weighted by molar-refractivity contribution is 0.0285. The lowest BCUT2D eigenvalue weighted by Gasteiger charge is -2.29. The lowest BCUT2D eigenvalue weighted by atomic mass is 10.0. The molecule has 154 valence electrons. The number of carbonyl (C=O) groups is 1. The molecule has 0 saturated carbocycles. The second kappa shape index (κ2) is 8.01. The van der Waals surface area contributed by atoms with Gasteiger partial charge in [-0.15, -0.1) is 0 Å². The zero-order chi connectivity index (χ0) is 21.3. The van der Waals surface area contributed by atoms with E-state index in [0.717, 1.165) is 11.1 Å². The number of hydrogen-bond acceptors (Lipinski definition) is 4. The van der Waals surface area contributed by atoms with Crippen LogP contribution in [0.1, 0.15) is 24.2 Å². The first-order valence-corrected chi connectivity index (χ1v) is 9.98. The van der Waals surface area contributed by atoms with E-state index in [-0.39, 0.29) is 19.2 Å². The fourth-order valence-electron chi connectivity index (χ4n) is 3.15. The Morgan fingerprint density at radius 1 is 1.03 bits per heavy atom. The number of aliphatic hydroxyl groups is 1. The second-order valence-corrected chi connectivity index (χ2v) is 8.26. The molecule has 0 aliphatic carbocycles. The molecule has 1 amide bonds. The highest BCUT2D eigenvalue weighted by Gasteiger charge is 2.27. The number of ether oxygens (including phenoxy) is 2. The minimum Gasteiger partial charge on any atom is -0.491 e. The molecule has 3 aromatic rings. The zero-order valence-electron chi connectivity index (χ0n) is 16.8. The number of hydrogen-bond donors (Lipinski definition) is 1. The largest absolute Gasteiger partial charge is 0.491 e. The van der Waals surface area contributed by atoms with Crippen molar-refractivity contribution in [3.63, 3.8) is 0 Å². The summed E-state index contributed by atoms with van der Waals surface area (Å²) in [5.74, 6) is 1.07. The monoisotopic (exact) mass is 423 g/mol. The van der Waals surface area contributed by atoms with Crippen LogP contribution >= 0.6 is 11.6 Å². The number of fused-ring (bicyclic) bond motifs is 1. The quantitative estimate of drug-likeness (QED) is 0.616. The van der Waals surface area contributed by atoms with E-state index in [1.165, 1.54) is 0 Å². The van der Waals surface area contributed by atoms with Gasteiger partial charge in [0.2, 0.25) is 0 Å². The molecule has 0 bridgehead atoms. The Morgan fingerprint density at radius 3 is 2.37 bits per heavy atom. The number of nitrogens with zero attached hydrogens (tertiary/aromatic N) is 1. The molecule has 0 aromatic heterocycles. The summed E-state index contributed by atoms with van der Waals surface area (Å²) in [4.78, 5) is 14.6. The van der Waals surface area contributed by atoms with Crippen LogP contribution in [0.5, 0.6) is 11.5 Å². The molecule has 5 nitrogen and oxygen atoms in total. The number of amides is 1. The van der Waals surface area contributed by atoms with Crippen LogP contribution < -0.4 is 14.4 Å². The van der Waals surface area contributed by atoms with Crippen molar-refractivity contribution in [1.29, 1.82) is 0 Å². The summed E-state index contributed by atoms with van der Waals surface area (Å²) in [7, 11) is 0. The van der Waals surface area contributed by atoms with Crippen LogP contribution in [-0.4, -0.2) is 30.0 Å². The van der Waals surface area contributed by atoms with Gasteiger partial charge in [0.15, 0.2) is 6.73 Å². The van der Waals surface area contributed by atoms with Gasteiger partial charge in [0.1, 0.15) is 18.1 Å². The third-order valence-corrected chi connectivity index (χ3v) is 4.98. The number of anilines is 1. The van der Waals surface area contributed by atoms with Gasteiger partial charge < -0.3 is 14.6 Å². The first kappa shape index (κ1) is 20.3. The summed E-state index contributed by atoms with van der Waals surface area (Å²) >= 11 is 5.96. The Kier molecular flexibility index (Phi) is 5.41. The van der Waals surface area contributed by atoms with Crippen molar-refractivity contribution in [1.82, 2.24) is 0 Å². The fraction of sp³-hybridized carbons (Fsp3) is 0.208. The molecule has 0 saturated heterocycles. The average Bonchev–Trinajstić information content (AvgIpc) is 2.73. The lowest BCUT2D eigenvalue weighted by Crippen LogP contribution is -2.38. The topological polar surface area (TPSA) is 59.0 Å². The fourth-order valence-corrected chi connectivity index (χ4v) is 3.28. The smallest absolute Gasteiger partial charge is 0.264 e. The molecule has 0 fully saturated rings. The third kappa shape index (κ3) is 4.42. The average molecular weight is 424 g/mol. The maximum absolute atomic E-state index is 13.0. The SMILES string of the molecule is CC(C)(O)COc1ccc(N2COc3cc(-c4ccc(Cl)cc4)ccc3C2=O)cc1. The Bertz CT molecular complexity index is 1060. The Labute approximate surface area is 180 Å². The predicted octanol–water partition coefficient (Wildman–Crippen LogP) is 5.15. The highest BCUT2D eigenvalue weighted by Crippen LogP contribution is 2.33. The summed E-state index contributed by atoms with van der Waals surface area (Å²) in [5, 5.41) is 10.4. The van der Waals surface area contributed by atoms with Gasteiger partial charge in [-0.25, -0.2) is 0 Å². The van der Waals surface area contributed by atoms with Crippen molar-refractivity contribution in [3.8, 4) is 22.6 Å². The molecule has 0 spiro atoms. The van der Waals surface area contributed by atoms with Crippen LogP contribution in [0.25, 0.3) is 11.1 Å². The van der Waals surface area contributed by atoms with E-state index in [4.69, 9.17) is 21.1 Å². The maximum Gasteiger partial charge on any atom is 0.264 e. The van der Waals surface area contributed by atoms with Crippen molar-refractivity contribution in [2.45, 2.75) is 19.4 Å². The first-order valence-electron chi connectivity index (χ1n) is 9.60. The Hall–Kier alpha value is -3.02. The molecule has 0 radical (unpaired) electrons. The molecule has 4 rings (SSSR count). The van der Waals surface area contributed by atoms with Crippen molar-refractivity contribution in [3.05, 3.63) is 77.3 Å². The van der Waals surface area contributed by atoms with Gasteiger partial charge in [-0.05, 0) is 73.5 Å². The summed E-state index contributed by atoms with van der Waals surface area (Å²) < 4.78 is 11.4. The molecule has 0 atom stereocenters. The highest BCUT2D eigenvalue weighted by atomic mass is 35.5. The molecule has 0 unspecified atom stereocenters. The minimum absolute atomic E-state index is 0.121. The maximum atomic E-state index is 13.0. The number of benzene rings is 3. The van der Waals surface area contributed by atoms with Crippen molar-refractivity contribution < 1.29 is 19.4 Å². The summed E-state index contributed by atoms with van der Waals surface area (Å²) in [6, 6.07) is 20.2. The van der Waals surface area contributed by atoms with Crippen LogP contribution in [0, 0.1) is 0 Å². The van der Waals surface area contributed by atoms with Crippen molar-refractivity contribution in [2.75, 3.05) is 18.2 Å². The van der Waals surface area contributed by atoms with Crippen LogP contribution in [0.4, 0.5) is 5.69 Å². The molecule has 1 aliphatic heterocycles. The molecule has 1 heterocycles. The van der Waals surface area contributed by atoms with Gasteiger partial charge >= 0.3 is 0 Å². The molecule has 6 heteroatoms. The summed E-state index contributed by atoms with van der Waals surface area (Å²) in [5.41, 5.74) is 2.27. The van der Waals surface area contributed by atoms with E-state index in [1.807, 2.05) is 36.4 Å². The summed E-state index contributed by atoms with van der Waals surface area (Å²) in [6.07, 6.45) is 0. The van der Waals surface area contributed by atoms with E-state index in [1.54, 1.807) is 49.1 Å². The van der Waals surface area contributed by atoms with E-state index in [0.29, 0.717) is 27.8 Å². The molecule has 3 aromatic carbocycles. The number of rotatable bonds is 5. The van der Waals surface area contributed by atoms with E-state index < -0.39 is 5.60 Å². The van der Waals surface area contributed by atoms with Crippen LogP contribution in [0.2, 0.25) is 5.02 Å². The number of carbonyl (C=O) groups excluding carboxylic acids is 1.